The Kier molecular flexibility index (Phi) is 7.52. The molecule has 7 nitrogen and oxygen atoms in total. The van der Waals surface area contributed by atoms with Gasteiger partial charge in [-0.15, -0.1) is 0 Å². The first-order valence-electron chi connectivity index (χ1n) is 13.1. The summed E-state index contributed by atoms with van der Waals surface area (Å²) >= 11 is 0. The molecule has 35 heavy (non-hydrogen) atoms. The van der Waals surface area contributed by atoms with Gasteiger partial charge in [-0.1, -0.05) is 18.6 Å². The summed E-state index contributed by atoms with van der Waals surface area (Å²) < 4.78 is 5.95. The van der Waals surface area contributed by atoms with Crippen LogP contribution in [0, 0.1) is 6.92 Å². The normalized spacial score (nSPS) is 18.2. The molecule has 3 aromatic rings. The number of piperidine rings is 2. The van der Waals surface area contributed by atoms with Crippen LogP contribution in [0.1, 0.15) is 49.9 Å². The van der Waals surface area contributed by atoms with Gasteiger partial charge in [0.1, 0.15) is 18.2 Å². The SMILES string of the molecule is C1CCNCC1.Cc1nc2ccc(-c3ccc4c(c3)CN(C(=O)N3CCCCC3)CCO4)cc2[nH]1. The monoisotopic (exact) mass is 475 g/mol. The third kappa shape index (κ3) is 5.78. The lowest BCUT2D eigenvalue weighted by Crippen LogP contribution is -2.45. The Morgan fingerprint density at radius 1 is 0.886 bits per heavy atom. The minimum absolute atomic E-state index is 0.140. The maximum absolute atomic E-state index is 13.0. The minimum Gasteiger partial charge on any atom is -0.491 e. The van der Waals surface area contributed by atoms with Gasteiger partial charge in [0.2, 0.25) is 0 Å². The number of likely N-dealkylation sites (tertiary alicyclic amines) is 1. The second-order valence-electron chi connectivity index (χ2n) is 9.79. The first-order chi connectivity index (χ1) is 17.2. The molecule has 186 valence electrons. The summed E-state index contributed by atoms with van der Waals surface area (Å²) in [4.78, 5) is 24.7. The number of hydrogen-bond acceptors (Lipinski definition) is 4. The van der Waals surface area contributed by atoms with Crippen LogP contribution in [0.25, 0.3) is 22.2 Å². The Balaban J connectivity index is 0.000000371. The average molecular weight is 476 g/mol. The molecule has 1 aromatic heterocycles. The molecule has 0 saturated carbocycles. The molecule has 6 rings (SSSR count). The summed E-state index contributed by atoms with van der Waals surface area (Å²) in [5.41, 5.74) is 5.32. The minimum atomic E-state index is 0.140. The van der Waals surface area contributed by atoms with Gasteiger partial charge in [-0.2, -0.15) is 0 Å². The maximum Gasteiger partial charge on any atom is 0.320 e. The van der Waals surface area contributed by atoms with Crippen LogP contribution in [0.2, 0.25) is 0 Å². The predicted molar refractivity (Wildman–Crippen MR) is 140 cm³/mol. The second kappa shape index (κ2) is 11.1. The number of aromatic amines is 1. The molecule has 0 spiro atoms. The summed E-state index contributed by atoms with van der Waals surface area (Å²) in [5.74, 6) is 1.79. The molecule has 0 unspecified atom stereocenters. The third-order valence-corrected chi connectivity index (χ3v) is 7.08. The molecule has 2 saturated heterocycles. The molecule has 0 bridgehead atoms. The molecule has 0 atom stereocenters. The molecule has 2 N–H and O–H groups in total. The lowest BCUT2D eigenvalue weighted by atomic mass is 10.0. The van der Waals surface area contributed by atoms with E-state index in [1.54, 1.807) is 0 Å². The van der Waals surface area contributed by atoms with Crippen molar-refractivity contribution in [1.29, 1.82) is 0 Å². The average Bonchev–Trinajstić information content (AvgIpc) is 3.15. The van der Waals surface area contributed by atoms with Crippen LogP contribution in [0.3, 0.4) is 0 Å². The Bertz CT molecular complexity index is 1140. The zero-order valence-electron chi connectivity index (χ0n) is 20.8. The van der Waals surface area contributed by atoms with Gasteiger partial charge in [0.15, 0.2) is 0 Å². The highest BCUT2D eigenvalue weighted by molar-refractivity contribution is 5.82. The first-order valence-corrected chi connectivity index (χ1v) is 13.1. The Hall–Kier alpha value is -3.06. The lowest BCUT2D eigenvalue weighted by Gasteiger charge is -2.32. The van der Waals surface area contributed by atoms with Crippen molar-refractivity contribution >= 4 is 17.1 Å². The highest BCUT2D eigenvalue weighted by Crippen LogP contribution is 2.31. The van der Waals surface area contributed by atoms with E-state index in [9.17, 15) is 4.79 Å². The van der Waals surface area contributed by atoms with Crippen molar-refractivity contribution < 1.29 is 9.53 Å². The van der Waals surface area contributed by atoms with E-state index >= 15 is 0 Å². The summed E-state index contributed by atoms with van der Waals surface area (Å²) in [5, 5.41) is 3.28. The summed E-state index contributed by atoms with van der Waals surface area (Å²) in [6, 6.07) is 12.7. The van der Waals surface area contributed by atoms with E-state index in [1.807, 2.05) is 28.9 Å². The highest BCUT2D eigenvalue weighted by Gasteiger charge is 2.25. The van der Waals surface area contributed by atoms with Crippen molar-refractivity contribution in [1.82, 2.24) is 25.1 Å². The number of H-pyrrole nitrogens is 1. The van der Waals surface area contributed by atoms with E-state index in [4.69, 9.17) is 4.74 Å². The molecule has 0 radical (unpaired) electrons. The van der Waals surface area contributed by atoms with E-state index < -0.39 is 0 Å². The van der Waals surface area contributed by atoms with Gasteiger partial charge in [0.25, 0.3) is 0 Å². The van der Waals surface area contributed by atoms with Crippen LogP contribution < -0.4 is 10.1 Å². The molecule has 2 aromatic carbocycles. The molecule has 7 heteroatoms. The number of carbonyl (C=O) groups excluding carboxylic acids is 1. The number of amides is 2. The smallest absolute Gasteiger partial charge is 0.320 e. The van der Waals surface area contributed by atoms with Crippen molar-refractivity contribution in [2.75, 3.05) is 39.3 Å². The molecule has 2 fully saturated rings. The number of aromatic nitrogens is 2. The number of nitrogens with one attached hydrogen (secondary N) is 2. The molecule has 3 aliphatic heterocycles. The number of hydrogen-bond donors (Lipinski definition) is 2. The molecule has 0 aliphatic carbocycles. The van der Waals surface area contributed by atoms with Crippen LogP contribution >= 0.6 is 0 Å². The van der Waals surface area contributed by atoms with Crippen LogP contribution in [0.4, 0.5) is 4.79 Å². The van der Waals surface area contributed by atoms with Crippen LogP contribution in [0.15, 0.2) is 36.4 Å². The fraction of sp³-hybridized carbons (Fsp3) is 0.500. The standard InChI is InChI=1S/C23H26N4O2.C5H11N/c1-16-24-20-7-5-18(14-21(20)25-16)17-6-8-22-19(13-17)15-27(11-12-29-22)23(28)26-9-3-2-4-10-26;1-2-4-6-5-3-1/h5-8,13-14H,2-4,9-12,15H2,1H3,(H,24,25);6H,1-5H2. The predicted octanol–water partition coefficient (Wildman–Crippen LogP) is 5.10. The van der Waals surface area contributed by atoms with Crippen molar-refractivity contribution in [3.63, 3.8) is 0 Å². The molecule has 3 aliphatic rings. The largest absolute Gasteiger partial charge is 0.491 e. The van der Waals surface area contributed by atoms with E-state index in [-0.39, 0.29) is 6.03 Å². The van der Waals surface area contributed by atoms with Crippen LogP contribution in [-0.4, -0.2) is 65.1 Å². The fourth-order valence-corrected chi connectivity index (χ4v) is 5.14. The van der Waals surface area contributed by atoms with Gasteiger partial charge in [0.05, 0.1) is 24.1 Å². The number of urea groups is 1. The highest BCUT2D eigenvalue weighted by atomic mass is 16.5. The van der Waals surface area contributed by atoms with Gasteiger partial charge in [0, 0.05) is 18.7 Å². The van der Waals surface area contributed by atoms with Gasteiger partial charge < -0.3 is 24.8 Å². The van der Waals surface area contributed by atoms with Gasteiger partial charge in [-0.25, -0.2) is 9.78 Å². The second-order valence-corrected chi connectivity index (χ2v) is 9.79. The van der Waals surface area contributed by atoms with E-state index in [2.05, 4.69) is 39.6 Å². The van der Waals surface area contributed by atoms with Gasteiger partial charge in [-0.05, 0) is 87.5 Å². The summed E-state index contributed by atoms with van der Waals surface area (Å²) in [6.07, 6.45) is 7.64. The van der Waals surface area contributed by atoms with E-state index in [0.717, 1.165) is 65.2 Å². The van der Waals surface area contributed by atoms with Gasteiger partial charge in [-0.3, -0.25) is 0 Å². The Morgan fingerprint density at radius 3 is 2.37 bits per heavy atom. The molecule has 2 amide bonds. The molecular weight excluding hydrogens is 438 g/mol. The third-order valence-electron chi connectivity index (χ3n) is 7.08. The van der Waals surface area contributed by atoms with Crippen molar-refractivity contribution in [2.45, 2.75) is 52.0 Å². The number of benzene rings is 2. The zero-order valence-corrected chi connectivity index (χ0v) is 20.8. The quantitative estimate of drug-likeness (QED) is 0.514. The van der Waals surface area contributed by atoms with E-state index in [0.29, 0.717) is 19.7 Å². The molecule has 4 heterocycles. The molecular formula is C28H37N5O2. The van der Waals surface area contributed by atoms with Crippen LogP contribution in [-0.2, 0) is 6.54 Å². The number of imidazole rings is 1. The summed E-state index contributed by atoms with van der Waals surface area (Å²) in [7, 11) is 0. The number of rotatable bonds is 1. The van der Waals surface area contributed by atoms with Gasteiger partial charge >= 0.3 is 6.03 Å². The number of aryl methyl sites for hydroxylation is 1. The summed E-state index contributed by atoms with van der Waals surface area (Å²) in [6.45, 7) is 7.95. The first kappa shape index (κ1) is 23.7. The zero-order chi connectivity index (χ0) is 24.0. The topological polar surface area (TPSA) is 73.5 Å². The number of ether oxygens (including phenoxy) is 1. The van der Waals surface area contributed by atoms with Crippen LogP contribution in [0.5, 0.6) is 5.75 Å². The maximum atomic E-state index is 13.0. The van der Waals surface area contributed by atoms with Crippen molar-refractivity contribution in [2.24, 2.45) is 0 Å². The van der Waals surface area contributed by atoms with Crippen molar-refractivity contribution in [3.8, 4) is 16.9 Å². The fourth-order valence-electron chi connectivity index (χ4n) is 5.14. The Morgan fingerprint density at radius 2 is 1.63 bits per heavy atom. The van der Waals surface area contributed by atoms with E-state index in [1.165, 1.54) is 38.8 Å². The number of fused-ring (bicyclic) bond motifs is 2. The lowest BCUT2D eigenvalue weighted by molar-refractivity contribution is 0.137. The Labute approximate surface area is 207 Å². The number of nitrogens with zero attached hydrogens (tertiary/aromatic N) is 3. The number of carbonyl (C=O) groups is 1. The van der Waals surface area contributed by atoms with Crippen molar-refractivity contribution in [3.05, 3.63) is 47.8 Å².